The largest absolute Gasteiger partial charge is 0.353 e. The number of rotatable bonds is 7. The molecular weight excluding hydrogens is 252 g/mol. The molecule has 1 aliphatic rings. The first-order valence-electron chi connectivity index (χ1n) is 7.24. The maximum absolute atomic E-state index is 11.5. The van der Waals surface area contributed by atoms with E-state index in [0.717, 1.165) is 43.7 Å². The van der Waals surface area contributed by atoms with Crippen molar-refractivity contribution in [3.05, 3.63) is 36.3 Å². The van der Waals surface area contributed by atoms with Gasteiger partial charge >= 0.3 is 0 Å². The minimum absolute atomic E-state index is 0.182. The highest BCUT2D eigenvalue weighted by molar-refractivity contribution is 5.76. The Balaban J connectivity index is 1.35. The molecule has 20 heavy (non-hydrogen) atoms. The van der Waals surface area contributed by atoms with Crippen LogP contribution in [0, 0.1) is 0 Å². The van der Waals surface area contributed by atoms with Crippen molar-refractivity contribution < 1.29 is 4.79 Å². The molecule has 0 unspecified atom stereocenters. The second-order valence-corrected chi connectivity index (χ2v) is 5.32. The molecule has 0 aliphatic heterocycles. The van der Waals surface area contributed by atoms with Gasteiger partial charge in [-0.2, -0.15) is 0 Å². The molecule has 0 spiro atoms. The number of carbonyl (C=O) groups is 1. The van der Waals surface area contributed by atoms with Gasteiger partial charge < -0.3 is 15.0 Å². The summed E-state index contributed by atoms with van der Waals surface area (Å²) in [6.07, 6.45) is 7.80. The SMILES string of the molecule is O=C(CCCNCc1cn2ccccc2n1)NC1CC1. The summed E-state index contributed by atoms with van der Waals surface area (Å²) < 4.78 is 2.01. The third kappa shape index (κ3) is 3.57. The van der Waals surface area contributed by atoms with Crippen LogP contribution in [0.3, 0.4) is 0 Å². The van der Waals surface area contributed by atoms with Crippen molar-refractivity contribution >= 4 is 11.6 Å². The van der Waals surface area contributed by atoms with E-state index in [2.05, 4.69) is 15.6 Å². The van der Waals surface area contributed by atoms with Crippen molar-refractivity contribution in [2.45, 2.75) is 38.3 Å². The Kier molecular flexibility index (Phi) is 3.97. The smallest absolute Gasteiger partial charge is 0.220 e. The molecule has 1 saturated carbocycles. The zero-order valence-corrected chi connectivity index (χ0v) is 11.5. The minimum atomic E-state index is 0.182. The number of nitrogens with zero attached hydrogens (tertiary/aromatic N) is 2. The number of carbonyl (C=O) groups excluding carboxylic acids is 1. The lowest BCUT2D eigenvalue weighted by Gasteiger charge is -2.04. The first kappa shape index (κ1) is 13.1. The van der Waals surface area contributed by atoms with Crippen LogP contribution in [-0.4, -0.2) is 27.9 Å². The van der Waals surface area contributed by atoms with E-state index in [9.17, 15) is 4.79 Å². The second kappa shape index (κ2) is 6.05. The lowest BCUT2D eigenvalue weighted by Crippen LogP contribution is -2.26. The van der Waals surface area contributed by atoms with Crippen LogP contribution in [0.1, 0.15) is 31.4 Å². The molecule has 1 amide bonds. The molecule has 3 rings (SSSR count). The van der Waals surface area contributed by atoms with Gasteiger partial charge in [-0.15, -0.1) is 0 Å². The van der Waals surface area contributed by atoms with Crippen LogP contribution in [0.4, 0.5) is 0 Å². The number of fused-ring (bicyclic) bond motifs is 1. The van der Waals surface area contributed by atoms with Crippen molar-refractivity contribution in [3.8, 4) is 0 Å². The first-order chi connectivity index (χ1) is 9.81. The van der Waals surface area contributed by atoms with Gasteiger partial charge in [0.1, 0.15) is 5.65 Å². The Morgan fingerprint density at radius 3 is 3.10 bits per heavy atom. The Morgan fingerprint density at radius 2 is 2.30 bits per heavy atom. The number of amides is 1. The van der Waals surface area contributed by atoms with E-state index in [1.807, 2.05) is 35.0 Å². The van der Waals surface area contributed by atoms with Crippen molar-refractivity contribution in [2.24, 2.45) is 0 Å². The topological polar surface area (TPSA) is 58.4 Å². The first-order valence-corrected chi connectivity index (χ1v) is 7.24. The Morgan fingerprint density at radius 1 is 1.40 bits per heavy atom. The molecule has 0 radical (unpaired) electrons. The van der Waals surface area contributed by atoms with E-state index in [1.165, 1.54) is 0 Å². The number of hydrogen-bond acceptors (Lipinski definition) is 3. The summed E-state index contributed by atoms with van der Waals surface area (Å²) in [5, 5.41) is 6.33. The number of imidazole rings is 1. The lowest BCUT2D eigenvalue weighted by atomic mass is 10.3. The van der Waals surface area contributed by atoms with Crippen molar-refractivity contribution in [3.63, 3.8) is 0 Å². The monoisotopic (exact) mass is 272 g/mol. The van der Waals surface area contributed by atoms with Gasteiger partial charge in [0.15, 0.2) is 0 Å². The van der Waals surface area contributed by atoms with Crippen molar-refractivity contribution in [1.82, 2.24) is 20.0 Å². The Labute approximate surface area is 118 Å². The van der Waals surface area contributed by atoms with Crippen LogP contribution in [0.15, 0.2) is 30.6 Å². The molecule has 2 heterocycles. The average molecular weight is 272 g/mol. The number of aromatic nitrogens is 2. The molecule has 0 saturated heterocycles. The highest BCUT2D eigenvalue weighted by Gasteiger charge is 2.22. The van der Waals surface area contributed by atoms with E-state index in [0.29, 0.717) is 12.5 Å². The summed E-state index contributed by atoms with van der Waals surface area (Å²) >= 11 is 0. The van der Waals surface area contributed by atoms with Crippen LogP contribution in [-0.2, 0) is 11.3 Å². The quantitative estimate of drug-likeness (QED) is 0.751. The molecule has 2 aromatic heterocycles. The summed E-state index contributed by atoms with van der Waals surface area (Å²) in [4.78, 5) is 16.0. The average Bonchev–Trinajstić information content (AvgIpc) is 3.15. The van der Waals surface area contributed by atoms with Crippen LogP contribution in [0.25, 0.3) is 5.65 Å². The summed E-state index contributed by atoms with van der Waals surface area (Å²) in [6.45, 7) is 1.58. The van der Waals surface area contributed by atoms with E-state index < -0.39 is 0 Å². The predicted octanol–water partition coefficient (Wildman–Crippen LogP) is 1.48. The maximum atomic E-state index is 11.5. The number of nitrogens with one attached hydrogen (secondary N) is 2. The minimum Gasteiger partial charge on any atom is -0.353 e. The molecule has 2 N–H and O–H groups in total. The molecule has 0 bridgehead atoms. The molecule has 0 aromatic carbocycles. The maximum Gasteiger partial charge on any atom is 0.220 e. The summed E-state index contributed by atoms with van der Waals surface area (Å²) in [6, 6.07) is 6.43. The second-order valence-electron chi connectivity index (χ2n) is 5.32. The van der Waals surface area contributed by atoms with Gasteiger partial charge in [0.05, 0.1) is 5.69 Å². The molecule has 5 nitrogen and oxygen atoms in total. The van der Waals surface area contributed by atoms with E-state index in [4.69, 9.17) is 0 Å². The van der Waals surface area contributed by atoms with Gasteiger partial charge in [0.2, 0.25) is 5.91 Å². The zero-order valence-electron chi connectivity index (χ0n) is 11.5. The fraction of sp³-hybridized carbons (Fsp3) is 0.467. The fourth-order valence-electron chi connectivity index (χ4n) is 2.19. The van der Waals surface area contributed by atoms with Crippen LogP contribution in [0.2, 0.25) is 0 Å². The highest BCUT2D eigenvalue weighted by Crippen LogP contribution is 2.18. The van der Waals surface area contributed by atoms with Crippen molar-refractivity contribution in [1.29, 1.82) is 0 Å². The fourth-order valence-corrected chi connectivity index (χ4v) is 2.19. The molecule has 1 aliphatic carbocycles. The van der Waals surface area contributed by atoms with Gasteiger partial charge in [-0.1, -0.05) is 6.07 Å². The van der Waals surface area contributed by atoms with Crippen LogP contribution < -0.4 is 10.6 Å². The summed E-state index contributed by atoms with van der Waals surface area (Å²) in [7, 11) is 0. The summed E-state index contributed by atoms with van der Waals surface area (Å²) in [5.41, 5.74) is 1.99. The number of hydrogen-bond donors (Lipinski definition) is 2. The van der Waals surface area contributed by atoms with E-state index in [-0.39, 0.29) is 5.91 Å². The number of pyridine rings is 1. The Hall–Kier alpha value is -1.88. The molecule has 0 atom stereocenters. The van der Waals surface area contributed by atoms with Gasteiger partial charge in [-0.25, -0.2) is 4.98 Å². The summed E-state index contributed by atoms with van der Waals surface area (Å²) in [5.74, 6) is 0.182. The lowest BCUT2D eigenvalue weighted by molar-refractivity contribution is -0.121. The predicted molar refractivity (Wildman–Crippen MR) is 77.3 cm³/mol. The molecular formula is C15H20N4O. The van der Waals surface area contributed by atoms with E-state index in [1.54, 1.807) is 0 Å². The zero-order chi connectivity index (χ0) is 13.8. The Bertz CT molecular complexity index is 555. The van der Waals surface area contributed by atoms with Gasteiger partial charge in [0, 0.05) is 31.4 Å². The van der Waals surface area contributed by atoms with Crippen LogP contribution >= 0.6 is 0 Å². The molecule has 106 valence electrons. The van der Waals surface area contributed by atoms with Crippen LogP contribution in [0.5, 0.6) is 0 Å². The molecule has 5 heteroatoms. The van der Waals surface area contributed by atoms with Gasteiger partial charge in [-0.3, -0.25) is 4.79 Å². The van der Waals surface area contributed by atoms with Crippen molar-refractivity contribution in [2.75, 3.05) is 6.54 Å². The molecule has 2 aromatic rings. The molecule has 1 fully saturated rings. The standard InChI is InChI=1S/C15H20N4O/c20-15(18-12-6-7-12)5-3-8-16-10-13-11-19-9-2-1-4-14(19)17-13/h1-2,4,9,11-12,16H,3,5-8,10H2,(H,18,20). The van der Waals surface area contributed by atoms with E-state index >= 15 is 0 Å². The van der Waals surface area contributed by atoms with Gasteiger partial charge in [-0.05, 0) is 37.9 Å². The third-order valence-corrected chi connectivity index (χ3v) is 3.42. The highest BCUT2D eigenvalue weighted by atomic mass is 16.1. The van der Waals surface area contributed by atoms with Gasteiger partial charge in [0.25, 0.3) is 0 Å². The third-order valence-electron chi connectivity index (χ3n) is 3.42. The normalized spacial score (nSPS) is 14.6.